The van der Waals surface area contributed by atoms with Gasteiger partial charge in [-0.05, 0) is 40.4 Å². The van der Waals surface area contributed by atoms with E-state index in [1.165, 1.54) is 0 Å². The van der Waals surface area contributed by atoms with Crippen LogP contribution in [0.3, 0.4) is 0 Å². The van der Waals surface area contributed by atoms with Gasteiger partial charge in [0, 0.05) is 31.7 Å². The molecule has 4 heterocycles. The van der Waals surface area contributed by atoms with Gasteiger partial charge in [0.25, 0.3) is 5.91 Å². The number of hydrogen-bond donors (Lipinski definition) is 1. The number of hydrogen-bond acceptors (Lipinski definition) is 6. The molecular weight excluding hydrogens is 362 g/mol. The van der Waals surface area contributed by atoms with Crippen LogP contribution in [0.2, 0.25) is 0 Å². The first-order valence-electron chi connectivity index (χ1n) is 8.37. The summed E-state index contributed by atoms with van der Waals surface area (Å²) < 4.78 is 6.79. The second-order valence-corrected chi connectivity index (χ2v) is 6.87. The molecule has 1 amide bonds. The van der Waals surface area contributed by atoms with E-state index in [1.807, 2.05) is 17.5 Å². The van der Waals surface area contributed by atoms with E-state index in [-0.39, 0.29) is 11.9 Å². The Balaban J connectivity index is 1.63. The van der Waals surface area contributed by atoms with Crippen molar-refractivity contribution in [3.8, 4) is 11.3 Å². The Morgan fingerprint density at radius 2 is 2.26 bits per heavy atom. The van der Waals surface area contributed by atoms with Gasteiger partial charge in [0.05, 0.1) is 17.8 Å². The number of nitrogens with one attached hydrogen (secondary N) is 1. The third kappa shape index (κ3) is 3.80. The maximum absolute atomic E-state index is 13.0. The third-order valence-electron chi connectivity index (χ3n) is 4.16. The van der Waals surface area contributed by atoms with E-state index in [0.29, 0.717) is 23.4 Å². The Kier molecular flexibility index (Phi) is 4.80. The van der Waals surface area contributed by atoms with Gasteiger partial charge in [0.1, 0.15) is 0 Å². The maximum Gasteiger partial charge on any atom is 0.273 e. The molecule has 0 spiro atoms. The highest BCUT2D eigenvalue weighted by molar-refractivity contribution is 7.07. The number of amides is 1. The van der Waals surface area contributed by atoms with Gasteiger partial charge >= 0.3 is 0 Å². The number of aromatic nitrogens is 4. The van der Waals surface area contributed by atoms with Crippen LogP contribution in [0.25, 0.3) is 11.3 Å². The SMILES string of the molecule is Cn1cc(-c2ccno2)c(C(=O)N[C@H](Cc2ccsc2)c2cccnc2)n1. The minimum atomic E-state index is -0.272. The monoisotopic (exact) mass is 379 g/mol. The molecule has 136 valence electrons. The van der Waals surface area contributed by atoms with Gasteiger partial charge in [0.15, 0.2) is 11.5 Å². The van der Waals surface area contributed by atoms with E-state index in [1.54, 1.807) is 53.9 Å². The highest BCUT2D eigenvalue weighted by Crippen LogP contribution is 2.24. The summed E-state index contributed by atoms with van der Waals surface area (Å²) in [6.45, 7) is 0. The number of carbonyl (C=O) groups excluding carboxylic acids is 1. The summed E-state index contributed by atoms with van der Waals surface area (Å²) in [6.07, 6.45) is 7.44. The van der Waals surface area contributed by atoms with Crippen LogP contribution < -0.4 is 5.32 Å². The molecule has 0 saturated carbocycles. The molecule has 0 radical (unpaired) electrons. The van der Waals surface area contributed by atoms with Crippen LogP contribution in [0.15, 0.2) is 64.3 Å². The molecule has 0 aliphatic heterocycles. The maximum atomic E-state index is 13.0. The fraction of sp³-hybridized carbons (Fsp3) is 0.158. The van der Waals surface area contributed by atoms with Crippen LogP contribution in [0, 0.1) is 0 Å². The second-order valence-electron chi connectivity index (χ2n) is 6.09. The molecule has 1 atom stereocenters. The molecule has 0 bridgehead atoms. The summed E-state index contributed by atoms with van der Waals surface area (Å²) in [5.74, 6) is 0.232. The van der Waals surface area contributed by atoms with Crippen molar-refractivity contribution < 1.29 is 9.32 Å². The van der Waals surface area contributed by atoms with Crippen molar-refractivity contribution in [2.24, 2.45) is 7.05 Å². The fourth-order valence-electron chi connectivity index (χ4n) is 2.90. The van der Waals surface area contributed by atoms with E-state index >= 15 is 0 Å². The normalized spacial score (nSPS) is 12.0. The van der Waals surface area contributed by atoms with Gasteiger partial charge in [-0.1, -0.05) is 11.2 Å². The Hall–Kier alpha value is -3.26. The van der Waals surface area contributed by atoms with Crippen molar-refractivity contribution >= 4 is 17.2 Å². The quantitative estimate of drug-likeness (QED) is 0.556. The summed E-state index contributed by atoms with van der Waals surface area (Å²) in [4.78, 5) is 17.2. The van der Waals surface area contributed by atoms with Gasteiger partial charge < -0.3 is 9.84 Å². The van der Waals surface area contributed by atoms with E-state index in [0.717, 1.165) is 11.1 Å². The molecule has 7 nitrogen and oxygen atoms in total. The van der Waals surface area contributed by atoms with Crippen LogP contribution in [0.4, 0.5) is 0 Å². The van der Waals surface area contributed by atoms with Crippen molar-refractivity contribution in [3.05, 3.63) is 76.6 Å². The molecule has 4 aromatic rings. The Morgan fingerprint density at radius 3 is 2.96 bits per heavy atom. The van der Waals surface area contributed by atoms with Crippen molar-refractivity contribution in [2.75, 3.05) is 0 Å². The van der Waals surface area contributed by atoms with E-state index in [9.17, 15) is 4.79 Å². The topological polar surface area (TPSA) is 85.8 Å². The van der Waals surface area contributed by atoms with Crippen molar-refractivity contribution in [1.29, 1.82) is 0 Å². The summed E-state index contributed by atoms with van der Waals surface area (Å²) in [5.41, 5.74) is 3.00. The molecule has 27 heavy (non-hydrogen) atoms. The molecule has 0 aromatic carbocycles. The van der Waals surface area contributed by atoms with Gasteiger partial charge in [0.2, 0.25) is 0 Å². The summed E-state index contributed by atoms with van der Waals surface area (Å²) >= 11 is 1.63. The van der Waals surface area contributed by atoms with Crippen LogP contribution in [0.1, 0.15) is 27.7 Å². The van der Waals surface area contributed by atoms with Crippen LogP contribution >= 0.6 is 11.3 Å². The van der Waals surface area contributed by atoms with Crippen molar-refractivity contribution in [2.45, 2.75) is 12.5 Å². The van der Waals surface area contributed by atoms with Gasteiger partial charge in [-0.25, -0.2) is 0 Å². The van der Waals surface area contributed by atoms with Crippen molar-refractivity contribution in [1.82, 2.24) is 25.2 Å². The van der Waals surface area contributed by atoms with Gasteiger partial charge in [-0.2, -0.15) is 16.4 Å². The molecule has 0 unspecified atom stereocenters. The van der Waals surface area contributed by atoms with E-state index in [4.69, 9.17) is 4.52 Å². The predicted octanol–water partition coefficient (Wildman–Crippen LogP) is 3.25. The lowest BCUT2D eigenvalue weighted by atomic mass is 10.0. The number of rotatable bonds is 6. The molecule has 0 aliphatic rings. The number of aryl methyl sites for hydroxylation is 1. The second kappa shape index (κ2) is 7.55. The minimum absolute atomic E-state index is 0.217. The molecule has 1 N–H and O–H groups in total. The first-order valence-corrected chi connectivity index (χ1v) is 9.31. The Bertz CT molecular complexity index is 1010. The summed E-state index contributed by atoms with van der Waals surface area (Å²) in [7, 11) is 1.76. The lowest BCUT2D eigenvalue weighted by molar-refractivity contribution is 0.0931. The summed E-state index contributed by atoms with van der Waals surface area (Å²) in [6, 6.07) is 7.37. The molecule has 4 aromatic heterocycles. The molecular formula is C19H17N5O2S. The molecule has 8 heteroatoms. The average Bonchev–Trinajstić information content (AvgIpc) is 3.43. The lowest BCUT2D eigenvalue weighted by Gasteiger charge is -2.18. The van der Waals surface area contributed by atoms with Crippen molar-refractivity contribution in [3.63, 3.8) is 0 Å². The highest BCUT2D eigenvalue weighted by atomic mass is 32.1. The first kappa shape index (κ1) is 17.2. The standard InChI is InChI=1S/C19H17N5O2S/c1-24-11-15(17-4-7-21-26-17)18(23-24)19(25)22-16(9-13-5-8-27-12-13)14-3-2-6-20-10-14/h2-8,10-12,16H,9H2,1H3,(H,22,25)/t16-/m1/s1. The Labute approximate surface area is 159 Å². The fourth-order valence-corrected chi connectivity index (χ4v) is 3.58. The lowest BCUT2D eigenvalue weighted by Crippen LogP contribution is -2.30. The molecule has 0 saturated heterocycles. The zero-order valence-corrected chi connectivity index (χ0v) is 15.4. The van der Waals surface area contributed by atoms with E-state index in [2.05, 4.69) is 32.0 Å². The smallest absolute Gasteiger partial charge is 0.273 e. The highest BCUT2D eigenvalue weighted by Gasteiger charge is 2.23. The van der Waals surface area contributed by atoms with Crippen LogP contribution in [-0.4, -0.2) is 25.8 Å². The predicted molar refractivity (Wildman–Crippen MR) is 101 cm³/mol. The number of thiophene rings is 1. The largest absolute Gasteiger partial charge is 0.356 e. The number of nitrogens with zero attached hydrogens (tertiary/aromatic N) is 4. The summed E-state index contributed by atoms with van der Waals surface area (Å²) in [5, 5.41) is 15.2. The Morgan fingerprint density at radius 1 is 1.33 bits per heavy atom. The third-order valence-corrected chi connectivity index (χ3v) is 4.89. The zero-order valence-electron chi connectivity index (χ0n) is 14.6. The van der Waals surface area contributed by atoms with E-state index < -0.39 is 0 Å². The molecule has 0 aliphatic carbocycles. The number of carbonyl (C=O) groups is 1. The molecule has 0 fully saturated rings. The van der Waals surface area contributed by atoms with Crippen LogP contribution in [-0.2, 0) is 13.5 Å². The van der Waals surface area contributed by atoms with Crippen LogP contribution in [0.5, 0.6) is 0 Å². The van der Waals surface area contributed by atoms with Gasteiger partial charge in [-0.3, -0.25) is 14.5 Å². The van der Waals surface area contributed by atoms with Gasteiger partial charge in [-0.15, -0.1) is 0 Å². The average molecular weight is 379 g/mol. The zero-order chi connectivity index (χ0) is 18.6. The number of pyridine rings is 1. The first-order chi connectivity index (χ1) is 13.2. The molecule has 4 rings (SSSR count). The minimum Gasteiger partial charge on any atom is -0.356 e.